The molecule has 0 saturated carbocycles. The lowest BCUT2D eigenvalue weighted by atomic mass is 10.2. The molecule has 0 aliphatic carbocycles. The van der Waals surface area contributed by atoms with Gasteiger partial charge >= 0.3 is 0 Å². The van der Waals surface area contributed by atoms with Gasteiger partial charge in [0.25, 0.3) is 0 Å². The monoisotopic (exact) mass is 291 g/mol. The smallest absolute Gasteiger partial charge is 0.140 e. The third-order valence-corrected chi connectivity index (χ3v) is 4.43. The van der Waals surface area contributed by atoms with Gasteiger partial charge in [-0.3, -0.25) is 0 Å². The van der Waals surface area contributed by atoms with Gasteiger partial charge in [-0.15, -0.1) is 11.3 Å². The molecule has 0 saturated heterocycles. The zero-order valence-electron chi connectivity index (χ0n) is 11.5. The van der Waals surface area contributed by atoms with Crippen LogP contribution in [0.4, 0.5) is 0 Å². The van der Waals surface area contributed by atoms with Crippen molar-refractivity contribution >= 4 is 22.4 Å². The molecule has 3 aromatic heterocycles. The molecule has 0 radical (unpaired) electrons. The van der Waals surface area contributed by atoms with E-state index in [1.54, 1.807) is 11.3 Å². The second-order valence-corrected chi connectivity index (χ2v) is 5.79. The Morgan fingerprint density at radius 1 is 1.05 bits per heavy atom. The Morgan fingerprint density at radius 3 is 2.76 bits per heavy atom. The number of hydrogen-bond acceptors (Lipinski definition) is 3. The minimum Gasteiger partial charge on any atom is -0.335 e. The molecule has 21 heavy (non-hydrogen) atoms. The Morgan fingerprint density at radius 2 is 1.90 bits per heavy atom. The normalized spacial score (nSPS) is 11.1. The maximum atomic E-state index is 4.79. The Balaban J connectivity index is 1.85. The van der Waals surface area contributed by atoms with Crippen LogP contribution >= 0.6 is 11.3 Å². The molecule has 0 N–H and O–H groups in total. The number of hydrogen-bond donors (Lipinski definition) is 0. The van der Waals surface area contributed by atoms with Crippen molar-refractivity contribution in [3.8, 4) is 21.8 Å². The average Bonchev–Trinajstić information content (AvgIpc) is 3.14. The van der Waals surface area contributed by atoms with E-state index >= 15 is 0 Å². The van der Waals surface area contributed by atoms with Gasteiger partial charge in [-0.25, -0.2) is 9.97 Å². The van der Waals surface area contributed by atoms with Crippen molar-refractivity contribution < 1.29 is 0 Å². The predicted octanol–water partition coefficient (Wildman–Crippen LogP) is 4.36. The Kier molecular flexibility index (Phi) is 2.82. The third kappa shape index (κ3) is 2.04. The molecule has 102 valence electrons. The van der Waals surface area contributed by atoms with Crippen LogP contribution < -0.4 is 0 Å². The van der Waals surface area contributed by atoms with Crippen LogP contribution in [-0.4, -0.2) is 14.5 Å². The molecule has 0 aliphatic heterocycles. The first-order valence-electron chi connectivity index (χ1n) is 6.74. The number of benzene rings is 1. The molecule has 0 atom stereocenters. The average molecular weight is 291 g/mol. The van der Waals surface area contributed by atoms with Crippen molar-refractivity contribution in [2.45, 2.75) is 0 Å². The van der Waals surface area contributed by atoms with Crippen LogP contribution in [0.25, 0.3) is 32.9 Å². The van der Waals surface area contributed by atoms with E-state index in [0.29, 0.717) is 0 Å². The van der Waals surface area contributed by atoms with Crippen molar-refractivity contribution in [3.63, 3.8) is 0 Å². The van der Waals surface area contributed by atoms with E-state index in [0.717, 1.165) is 32.9 Å². The Bertz CT molecular complexity index is 906. The van der Waals surface area contributed by atoms with Crippen molar-refractivity contribution in [1.82, 2.24) is 14.5 Å². The van der Waals surface area contributed by atoms with Crippen LogP contribution in [0.1, 0.15) is 0 Å². The van der Waals surface area contributed by atoms with Gasteiger partial charge in [0.05, 0.1) is 5.69 Å². The SMILES string of the molecule is Cn1cc(-c2csc(-c3ccccc3)n2)c2cccnc21. The summed E-state index contributed by atoms with van der Waals surface area (Å²) in [4.78, 5) is 9.22. The molecule has 1 aromatic carbocycles. The number of fused-ring (bicyclic) bond motifs is 1. The highest BCUT2D eigenvalue weighted by Crippen LogP contribution is 2.33. The number of thiazole rings is 1. The quantitative estimate of drug-likeness (QED) is 0.549. The summed E-state index contributed by atoms with van der Waals surface area (Å²) in [6.07, 6.45) is 3.92. The summed E-state index contributed by atoms with van der Waals surface area (Å²) in [5.41, 5.74) is 4.30. The van der Waals surface area contributed by atoms with Gasteiger partial charge in [-0.1, -0.05) is 30.3 Å². The van der Waals surface area contributed by atoms with E-state index in [1.807, 2.05) is 42.1 Å². The van der Waals surface area contributed by atoms with Gasteiger partial charge in [-0.05, 0) is 12.1 Å². The largest absolute Gasteiger partial charge is 0.335 e. The van der Waals surface area contributed by atoms with Crippen molar-refractivity contribution in [3.05, 3.63) is 60.2 Å². The molecule has 4 heteroatoms. The van der Waals surface area contributed by atoms with E-state index in [-0.39, 0.29) is 0 Å². The van der Waals surface area contributed by atoms with Crippen LogP contribution in [0.5, 0.6) is 0 Å². The van der Waals surface area contributed by atoms with E-state index in [9.17, 15) is 0 Å². The molecule has 3 nitrogen and oxygen atoms in total. The second-order valence-electron chi connectivity index (χ2n) is 4.93. The fourth-order valence-corrected chi connectivity index (χ4v) is 3.35. The third-order valence-electron chi connectivity index (χ3n) is 3.53. The molecule has 0 fully saturated rings. The number of aromatic nitrogens is 3. The minimum absolute atomic E-state index is 0.988. The number of pyridine rings is 1. The highest BCUT2D eigenvalue weighted by Gasteiger charge is 2.12. The Hall–Kier alpha value is -2.46. The fraction of sp³-hybridized carbons (Fsp3) is 0.0588. The summed E-state index contributed by atoms with van der Waals surface area (Å²) in [6.45, 7) is 0. The van der Waals surface area contributed by atoms with E-state index in [2.05, 4.69) is 34.8 Å². The lowest BCUT2D eigenvalue weighted by molar-refractivity contribution is 0.949. The van der Waals surface area contributed by atoms with E-state index in [1.165, 1.54) is 0 Å². The second kappa shape index (κ2) is 4.82. The molecule has 0 bridgehead atoms. The number of rotatable bonds is 2. The van der Waals surface area contributed by atoms with E-state index in [4.69, 9.17) is 4.98 Å². The molecule has 3 heterocycles. The maximum Gasteiger partial charge on any atom is 0.140 e. The molecule has 0 spiro atoms. The van der Waals surface area contributed by atoms with Crippen molar-refractivity contribution in [1.29, 1.82) is 0 Å². The lowest BCUT2D eigenvalue weighted by Gasteiger charge is -1.95. The molecule has 0 aliphatic rings. The summed E-state index contributed by atoms with van der Waals surface area (Å²) in [5, 5.41) is 4.31. The first kappa shape index (κ1) is 12.3. The molecule has 0 unspecified atom stereocenters. The summed E-state index contributed by atoms with van der Waals surface area (Å²) >= 11 is 1.67. The highest BCUT2D eigenvalue weighted by atomic mass is 32.1. The van der Waals surface area contributed by atoms with Gasteiger partial charge in [0, 0.05) is 41.3 Å². The summed E-state index contributed by atoms with van der Waals surface area (Å²) in [6, 6.07) is 14.3. The molecule has 4 rings (SSSR count). The van der Waals surface area contributed by atoms with Gasteiger partial charge in [0.15, 0.2) is 0 Å². The maximum absolute atomic E-state index is 4.79. The predicted molar refractivity (Wildman–Crippen MR) is 87.3 cm³/mol. The summed E-state index contributed by atoms with van der Waals surface area (Å²) in [7, 11) is 2.02. The lowest BCUT2D eigenvalue weighted by Crippen LogP contribution is -1.85. The summed E-state index contributed by atoms with van der Waals surface area (Å²) < 4.78 is 2.05. The van der Waals surface area contributed by atoms with Crippen LogP contribution in [0, 0.1) is 0 Å². The topological polar surface area (TPSA) is 30.7 Å². The van der Waals surface area contributed by atoms with Crippen LogP contribution in [0.3, 0.4) is 0 Å². The van der Waals surface area contributed by atoms with Crippen LogP contribution in [0.2, 0.25) is 0 Å². The highest BCUT2D eigenvalue weighted by molar-refractivity contribution is 7.13. The zero-order chi connectivity index (χ0) is 14.2. The van der Waals surface area contributed by atoms with Gasteiger partial charge < -0.3 is 4.57 Å². The number of aryl methyl sites for hydroxylation is 1. The molecular formula is C17H13N3S. The minimum atomic E-state index is 0.988. The number of nitrogens with zero attached hydrogens (tertiary/aromatic N) is 3. The fourth-order valence-electron chi connectivity index (χ4n) is 2.53. The van der Waals surface area contributed by atoms with Crippen molar-refractivity contribution in [2.75, 3.05) is 0 Å². The van der Waals surface area contributed by atoms with E-state index < -0.39 is 0 Å². The zero-order valence-corrected chi connectivity index (χ0v) is 12.3. The van der Waals surface area contributed by atoms with Crippen molar-refractivity contribution in [2.24, 2.45) is 7.05 Å². The molecule has 4 aromatic rings. The standard InChI is InChI=1S/C17H13N3S/c1-20-10-14(13-8-5-9-18-16(13)20)15-11-21-17(19-15)12-6-3-2-4-7-12/h2-11H,1H3. The Labute approximate surface area is 126 Å². The first-order chi connectivity index (χ1) is 10.3. The summed E-state index contributed by atoms with van der Waals surface area (Å²) in [5.74, 6) is 0. The molecule has 0 amide bonds. The van der Waals surface area contributed by atoms with Gasteiger partial charge in [0.2, 0.25) is 0 Å². The van der Waals surface area contributed by atoms with Crippen LogP contribution in [-0.2, 0) is 7.05 Å². The molecular weight excluding hydrogens is 278 g/mol. The van der Waals surface area contributed by atoms with Crippen LogP contribution in [0.15, 0.2) is 60.2 Å². The van der Waals surface area contributed by atoms with Gasteiger partial charge in [0.1, 0.15) is 10.7 Å². The van der Waals surface area contributed by atoms with Gasteiger partial charge in [-0.2, -0.15) is 0 Å². The first-order valence-corrected chi connectivity index (χ1v) is 7.62.